The predicted octanol–water partition coefficient (Wildman–Crippen LogP) is 1.55. The van der Waals surface area contributed by atoms with Crippen molar-refractivity contribution in [3.63, 3.8) is 0 Å². The van der Waals surface area contributed by atoms with Crippen LogP contribution >= 0.6 is 0 Å². The Kier molecular flexibility index (Phi) is 4.11. The van der Waals surface area contributed by atoms with E-state index in [1.807, 2.05) is 36.5 Å². The zero-order valence-electron chi connectivity index (χ0n) is 12.3. The lowest BCUT2D eigenvalue weighted by Crippen LogP contribution is -2.02. The zero-order valence-corrected chi connectivity index (χ0v) is 12.3. The van der Waals surface area contributed by atoms with Gasteiger partial charge >= 0.3 is 0 Å². The summed E-state index contributed by atoms with van der Waals surface area (Å²) in [6, 6.07) is 9.45. The molecular formula is C15H13N7O. The number of ether oxygens (including phenoxy) is 1. The Balaban J connectivity index is 1.65. The van der Waals surface area contributed by atoms with Crippen molar-refractivity contribution in [2.75, 3.05) is 12.4 Å². The predicted molar refractivity (Wildman–Crippen MR) is 82.0 cm³/mol. The fourth-order valence-electron chi connectivity index (χ4n) is 1.90. The van der Waals surface area contributed by atoms with E-state index in [-0.39, 0.29) is 5.69 Å². The third kappa shape index (κ3) is 3.41. The number of hydrogen-bond acceptors (Lipinski definition) is 7. The smallest absolute Gasteiger partial charge is 0.158 e. The van der Waals surface area contributed by atoms with Crippen LogP contribution in [0.25, 0.3) is 5.69 Å². The van der Waals surface area contributed by atoms with Crippen molar-refractivity contribution in [3.05, 3.63) is 54.2 Å². The number of nitriles is 1. The molecule has 114 valence electrons. The topological polar surface area (TPSA) is 102 Å². The number of rotatable bonds is 5. The molecule has 2 aromatic heterocycles. The van der Waals surface area contributed by atoms with E-state index < -0.39 is 0 Å². The average molecular weight is 307 g/mol. The molecule has 0 spiro atoms. The molecule has 0 unspecified atom stereocenters. The number of methoxy groups -OCH3 is 1. The van der Waals surface area contributed by atoms with Crippen molar-refractivity contribution < 1.29 is 4.74 Å². The first-order valence-corrected chi connectivity index (χ1v) is 6.80. The lowest BCUT2D eigenvalue weighted by Gasteiger charge is -2.02. The van der Waals surface area contributed by atoms with Crippen LogP contribution in [-0.4, -0.2) is 32.1 Å². The number of hydrogen-bond donors (Lipinski definition) is 1. The highest BCUT2D eigenvalue weighted by molar-refractivity contribution is 5.37. The summed E-state index contributed by atoms with van der Waals surface area (Å²) in [6.07, 6.45) is 4.74. The summed E-state index contributed by atoms with van der Waals surface area (Å²) in [5.41, 5.74) is 1.93. The fourth-order valence-corrected chi connectivity index (χ4v) is 1.90. The van der Waals surface area contributed by atoms with Crippen LogP contribution in [0.15, 0.2) is 42.9 Å². The summed E-state index contributed by atoms with van der Waals surface area (Å²) in [4.78, 5) is 8.02. The van der Waals surface area contributed by atoms with Gasteiger partial charge in [-0.2, -0.15) is 5.26 Å². The summed E-state index contributed by atoms with van der Waals surface area (Å²) >= 11 is 0. The minimum atomic E-state index is 0.279. The van der Waals surface area contributed by atoms with Crippen molar-refractivity contribution >= 4 is 5.82 Å². The van der Waals surface area contributed by atoms with E-state index in [0.717, 1.165) is 17.1 Å². The SMILES string of the molecule is COc1ccc(-n2cc(CNc3cnc(C#N)cn3)nn2)cc1. The standard InChI is InChI=1S/C15H13N7O/c1-23-14-4-2-13(3-5-14)22-10-12(20-21-22)8-19-15-9-17-11(6-16)7-18-15/h2-5,7,9-10H,8H2,1H3,(H,18,19). The highest BCUT2D eigenvalue weighted by atomic mass is 16.5. The minimum absolute atomic E-state index is 0.279. The van der Waals surface area contributed by atoms with Crippen molar-refractivity contribution in [2.24, 2.45) is 0 Å². The number of benzene rings is 1. The zero-order chi connectivity index (χ0) is 16.1. The van der Waals surface area contributed by atoms with Crippen LogP contribution in [0.5, 0.6) is 5.75 Å². The van der Waals surface area contributed by atoms with Gasteiger partial charge < -0.3 is 10.1 Å². The molecule has 0 amide bonds. The van der Waals surface area contributed by atoms with Crippen LogP contribution in [0.1, 0.15) is 11.4 Å². The maximum Gasteiger partial charge on any atom is 0.158 e. The Morgan fingerprint density at radius 2 is 2.04 bits per heavy atom. The van der Waals surface area contributed by atoms with Crippen LogP contribution in [-0.2, 0) is 6.54 Å². The molecular weight excluding hydrogens is 294 g/mol. The quantitative estimate of drug-likeness (QED) is 0.763. The molecule has 8 heteroatoms. The normalized spacial score (nSPS) is 10.1. The van der Waals surface area contributed by atoms with Gasteiger partial charge in [-0.25, -0.2) is 14.6 Å². The molecule has 0 bridgehead atoms. The first-order chi connectivity index (χ1) is 11.3. The molecule has 0 aliphatic rings. The van der Waals surface area contributed by atoms with E-state index >= 15 is 0 Å². The van der Waals surface area contributed by atoms with Crippen LogP contribution in [0, 0.1) is 11.3 Å². The monoisotopic (exact) mass is 307 g/mol. The van der Waals surface area contributed by atoms with Crippen molar-refractivity contribution in [2.45, 2.75) is 6.54 Å². The second-order valence-corrected chi connectivity index (χ2v) is 4.60. The van der Waals surface area contributed by atoms with Gasteiger partial charge in [-0.15, -0.1) is 5.10 Å². The molecule has 2 heterocycles. The van der Waals surface area contributed by atoms with Crippen molar-refractivity contribution in [1.82, 2.24) is 25.0 Å². The average Bonchev–Trinajstić information content (AvgIpc) is 3.09. The Bertz CT molecular complexity index is 818. The van der Waals surface area contributed by atoms with Crippen LogP contribution < -0.4 is 10.1 Å². The lowest BCUT2D eigenvalue weighted by atomic mass is 10.3. The molecule has 23 heavy (non-hydrogen) atoms. The molecule has 0 aliphatic heterocycles. The lowest BCUT2D eigenvalue weighted by molar-refractivity contribution is 0.414. The van der Waals surface area contributed by atoms with E-state index in [4.69, 9.17) is 10.00 Å². The number of anilines is 1. The van der Waals surface area contributed by atoms with Gasteiger partial charge in [-0.1, -0.05) is 5.21 Å². The van der Waals surface area contributed by atoms with E-state index in [2.05, 4.69) is 25.6 Å². The van der Waals surface area contributed by atoms with Gasteiger partial charge in [0.25, 0.3) is 0 Å². The molecule has 3 aromatic rings. The molecule has 0 radical (unpaired) electrons. The Labute approximate surface area is 132 Å². The largest absolute Gasteiger partial charge is 0.497 e. The molecule has 0 aliphatic carbocycles. The molecule has 0 fully saturated rings. The number of nitrogens with zero attached hydrogens (tertiary/aromatic N) is 6. The number of aromatic nitrogens is 5. The molecule has 0 saturated carbocycles. The molecule has 1 N–H and O–H groups in total. The van der Waals surface area contributed by atoms with E-state index in [9.17, 15) is 0 Å². The summed E-state index contributed by atoms with van der Waals surface area (Å²) < 4.78 is 6.81. The molecule has 1 aromatic carbocycles. The molecule has 0 saturated heterocycles. The second-order valence-electron chi connectivity index (χ2n) is 4.60. The van der Waals surface area contributed by atoms with Crippen LogP contribution in [0.4, 0.5) is 5.82 Å². The Morgan fingerprint density at radius 3 is 2.70 bits per heavy atom. The van der Waals surface area contributed by atoms with Gasteiger partial charge in [-0.05, 0) is 24.3 Å². The highest BCUT2D eigenvalue weighted by Crippen LogP contribution is 2.14. The van der Waals surface area contributed by atoms with E-state index in [1.54, 1.807) is 11.8 Å². The van der Waals surface area contributed by atoms with Gasteiger partial charge in [0.05, 0.1) is 37.9 Å². The first kappa shape index (κ1) is 14.5. The van der Waals surface area contributed by atoms with Gasteiger partial charge in [0, 0.05) is 0 Å². The van der Waals surface area contributed by atoms with Crippen LogP contribution in [0.3, 0.4) is 0 Å². The summed E-state index contributed by atoms with van der Waals surface area (Å²) in [6.45, 7) is 0.455. The third-order valence-electron chi connectivity index (χ3n) is 3.09. The van der Waals surface area contributed by atoms with Crippen molar-refractivity contribution in [1.29, 1.82) is 5.26 Å². The minimum Gasteiger partial charge on any atom is -0.497 e. The number of nitrogens with one attached hydrogen (secondary N) is 1. The van der Waals surface area contributed by atoms with Gasteiger partial charge in [0.1, 0.15) is 23.3 Å². The molecule has 3 rings (SSSR count). The van der Waals surface area contributed by atoms with E-state index in [1.165, 1.54) is 12.4 Å². The first-order valence-electron chi connectivity index (χ1n) is 6.80. The van der Waals surface area contributed by atoms with Gasteiger partial charge in [0.15, 0.2) is 5.69 Å². The Hall–Kier alpha value is -3.47. The maximum atomic E-state index is 8.68. The summed E-state index contributed by atoms with van der Waals surface area (Å²) in [7, 11) is 1.63. The van der Waals surface area contributed by atoms with Crippen LogP contribution in [0.2, 0.25) is 0 Å². The highest BCUT2D eigenvalue weighted by Gasteiger charge is 2.04. The van der Waals surface area contributed by atoms with E-state index in [0.29, 0.717) is 12.4 Å². The fraction of sp³-hybridized carbons (Fsp3) is 0.133. The van der Waals surface area contributed by atoms with Crippen molar-refractivity contribution in [3.8, 4) is 17.5 Å². The second kappa shape index (κ2) is 6.53. The molecule has 0 atom stereocenters. The van der Waals surface area contributed by atoms with Gasteiger partial charge in [0.2, 0.25) is 0 Å². The third-order valence-corrected chi connectivity index (χ3v) is 3.09. The Morgan fingerprint density at radius 1 is 1.22 bits per heavy atom. The van der Waals surface area contributed by atoms with Gasteiger partial charge in [-0.3, -0.25) is 0 Å². The summed E-state index contributed by atoms with van der Waals surface area (Å²) in [5.74, 6) is 1.36. The maximum absolute atomic E-state index is 8.68. The summed E-state index contributed by atoms with van der Waals surface area (Å²) in [5, 5.41) is 19.9. The molecule has 8 nitrogen and oxygen atoms in total.